The Morgan fingerprint density at radius 1 is 1.32 bits per heavy atom. The van der Waals surface area contributed by atoms with Crippen molar-refractivity contribution in [1.82, 2.24) is 4.90 Å². The van der Waals surface area contributed by atoms with Crippen LogP contribution in [0.3, 0.4) is 0 Å². The lowest BCUT2D eigenvalue weighted by molar-refractivity contribution is 0.111. The van der Waals surface area contributed by atoms with E-state index < -0.39 is 12.9 Å². The van der Waals surface area contributed by atoms with Crippen LogP contribution in [0, 0.1) is 11.2 Å². The molecule has 1 aromatic rings. The molecule has 1 aliphatic rings. The highest BCUT2D eigenvalue weighted by Crippen LogP contribution is 2.29. The molecule has 0 atom stereocenters. The van der Waals surface area contributed by atoms with Gasteiger partial charge < -0.3 is 10.0 Å². The van der Waals surface area contributed by atoms with E-state index in [1.54, 1.807) is 6.07 Å². The highest BCUT2D eigenvalue weighted by molar-refractivity contribution is 6.58. The first-order valence-electron chi connectivity index (χ1n) is 6.74. The minimum Gasteiger partial charge on any atom is -0.423 e. The summed E-state index contributed by atoms with van der Waals surface area (Å²) in [6.45, 7) is 7.14. The van der Waals surface area contributed by atoms with Crippen molar-refractivity contribution in [3.63, 3.8) is 0 Å². The molecule has 1 aromatic carbocycles. The Balaban J connectivity index is 2.10. The standard InChI is InChI=1S/C14H21BFNO2/c1-14(2)4-3-5-17(10-14)9-11-6-12(15(18)19)8-13(16)7-11/h6-8,18-19H,3-5,9-10H2,1-2H3. The Morgan fingerprint density at radius 2 is 2.05 bits per heavy atom. The molecule has 0 aliphatic carbocycles. The fourth-order valence-corrected chi connectivity index (χ4v) is 2.85. The third-order valence-electron chi connectivity index (χ3n) is 3.66. The van der Waals surface area contributed by atoms with Gasteiger partial charge in [-0.3, -0.25) is 4.90 Å². The Kier molecular flexibility index (Phi) is 4.28. The first-order chi connectivity index (χ1) is 8.85. The molecule has 19 heavy (non-hydrogen) atoms. The second-order valence-electron chi connectivity index (χ2n) is 6.24. The molecule has 0 radical (unpaired) electrons. The summed E-state index contributed by atoms with van der Waals surface area (Å²) in [6.07, 6.45) is 2.37. The van der Waals surface area contributed by atoms with Crippen LogP contribution >= 0.6 is 0 Å². The second-order valence-corrected chi connectivity index (χ2v) is 6.24. The van der Waals surface area contributed by atoms with Crippen molar-refractivity contribution >= 4 is 12.6 Å². The molecule has 104 valence electrons. The van der Waals surface area contributed by atoms with Crippen molar-refractivity contribution in [1.29, 1.82) is 0 Å². The van der Waals surface area contributed by atoms with Crippen LogP contribution < -0.4 is 5.46 Å². The van der Waals surface area contributed by atoms with E-state index >= 15 is 0 Å². The number of likely N-dealkylation sites (tertiary alicyclic amines) is 1. The van der Waals surface area contributed by atoms with Gasteiger partial charge >= 0.3 is 7.12 Å². The SMILES string of the molecule is CC1(C)CCCN(Cc2cc(F)cc(B(O)O)c2)C1. The molecule has 1 heterocycles. The van der Waals surface area contributed by atoms with Gasteiger partial charge in [-0.05, 0) is 48.0 Å². The van der Waals surface area contributed by atoms with Crippen LogP contribution in [0.1, 0.15) is 32.3 Å². The molecule has 1 saturated heterocycles. The van der Waals surface area contributed by atoms with Gasteiger partial charge in [-0.15, -0.1) is 0 Å². The predicted molar refractivity (Wildman–Crippen MR) is 74.5 cm³/mol. The van der Waals surface area contributed by atoms with E-state index in [9.17, 15) is 4.39 Å². The van der Waals surface area contributed by atoms with Gasteiger partial charge in [-0.2, -0.15) is 0 Å². The molecule has 0 unspecified atom stereocenters. The summed E-state index contributed by atoms with van der Waals surface area (Å²) in [6, 6.07) is 4.29. The number of rotatable bonds is 3. The lowest BCUT2D eigenvalue weighted by Gasteiger charge is -2.38. The zero-order valence-electron chi connectivity index (χ0n) is 11.6. The maximum absolute atomic E-state index is 13.5. The van der Waals surface area contributed by atoms with Crippen LogP contribution in [0.15, 0.2) is 18.2 Å². The molecule has 5 heteroatoms. The van der Waals surface area contributed by atoms with Crippen LogP contribution in [-0.2, 0) is 6.54 Å². The van der Waals surface area contributed by atoms with Gasteiger partial charge in [-0.25, -0.2) is 4.39 Å². The van der Waals surface area contributed by atoms with Crippen molar-refractivity contribution in [2.24, 2.45) is 5.41 Å². The molecule has 2 N–H and O–H groups in total. The van der Waals surface area contributed by atoms with E-state index in [0.29, 0.717) is 12.0 Å². The minimum absolute atomic E-state index is 0.214. The zero-order chi connectivity index (χ0) is 14.0. The molecule has 1 aliphatic heterocycles. The largest absolute Gasteiger partial charge is 0.488 e. The smallest absolute Gasteiger partial charge is 0.423 e. The number of nitrogens with zero attached hydrogens (tertiary/aromatic N) is 1. The van der Waals surface area contributed by atoms with Gasteiger partial charge in [0.15, 0.2) is 0 Å². The third-order valence-corrected chi connectivity index (χ3v) is 3.66. The summed E-state index contributed by atoms with van der Waals surface area (Å²) in [5, 5.41) is 18.3. The molecule has 0 bridgehead atoms. The average Bonchev–Trinajstić information content (AvgIpc) is 2.26. The summed E-state index contributed by atoms with van der Waals surface area (Å²) < 4.78 is 13.5. The number of piperidine rings is 1. The second kappa shape index (κ2) is 5.61. The van der Waals surface area contributed by atoms with Gasteiger partial charge in [0.05, 0.1) is 0 Å². The van der Waals surface area contributed by atoms with Crippen LogP contribution in [0.5, 0.6) is 0 Å². The molecular weight excluding hydrogens is 244 g/mol. The number of hydrogen-bond acceptors (Lipinski definition) is 3. The monoisotopic (exact) mass is 265 g/mol. The van der Waals surface area contributed by atoms with Crippen LogP contribution in [0.4, 0.5) is 4.39 Å². The van der Waals surface area contributed by atoms with E-state index in [4.69, 9.17) is 10.0 Å². The Morgan fingerprint density at radius 3 is 2.68 bits per heavy atom. The highest BCUT2D eigenvalue weighted by atomic mass is 19.1. The quantitative estimate of drug-likeness (QED) is 0.805. The van der Waals surface area contributed by atoms with Crippen molar-refractivity contribution in [2.75, 3.05) is 13.1 Å². The molecule has 1 fully saturated rings. The molecule has 3 nitrogen and oxygen atoms in total. The number of halogens is 1. The fourth-order valence-electron chi connectivity index (χ4n) is 2.85. The minimum atomic E-state index is -1.62. The van der Waals surface area contributed by atoms with Gasteiger partial charge in [0.1, 0.15) is 5.82 Å². The third kappa shape index (κ3) is 4.03. The molecule has 0 saturated carbocycles. The maximum atomic E-state index is 13.5. The molecule has 0 aromatic heterocycles. The zero-order valence-corrected chi connectivity index (χ0v) is 11.6. The molecule has 2 rings (SSSR count). The highest BCUT2D eigenvalue weighted by Gasteiger charge is 2.26. The summed E-state index contributed by atoms with van der Waals surface area (Å²) in [5.74, 6) is -0.420. The number of benzene rings is 1. The van der Waals surface area contributed by atoms with Crippen LogP contribution in [0.25, 0.3) is 0 Å². The predicted octanol–water partition coefficient (Wildman–Crippen LogP) is 1.13. The van der Waals surface area contributed by atoms with Crippen LogP contribution in [0.2, 0.25) is 0 Å². The fraction of sp³-hybridized carbons (Fsp3) is 0.571. The normalized spacial score (nSPS) is 19.4. The van der Waals surface area contributed by atoms with E-state index in [1.807, 2.05) is 0 Å². The van der Waals surface area contributed by atoms with Gasteiger partial charge in [-0.1, -0.05) is 19.9 Å². The maximum Gasteiger partial charge on any atom is 0.488 e. The molecule has 0 amide bonds. The summed E-state index contributed by atoms with van der Waals surface area (Å²) >= 11 is 0. The molecular formula is C14H21BFNO2. The van der Waals surface area contributed by atoms with E-state index in [1.165, 1.54) is 12.5 Å². The summed E-state index contributed by atoms with van der Waals surface area (Å²) in [4.78, 5) is 2.30. The van der Waals surface area contributed by atoms with Crippen molar-refractivity contribution in [3.8, 4) is 0 Å². The lowest BCUT2D eigenvalue weighted by Crippen LogP contribution is -2.40. The summed E-state index contributed by atoms with van der Waals surface area (Å²) in [7, 11) is -1.62. The summed E-state index contributed by atoms with van der Waals surface area (Å²) in [5.41, 5.74) is 1.30. The van der Waals surface area contributed by atoms with Gasteiger partial charge in [0, 0.05) is 13.1 Å². The Hall–Kier alpha value is -0.905. The van der Waals surface area contributed by atoms with Gasteiger partial charge in [0.25, 0.3) is 0 Å². The van der Waals surface area contributed by atoms with Crippen LogP contribution in [-0.4, -0.2) is 35.2 Å². The Bertz CT molecular complexity index is 451. The van der Waals surface area contributed by atoms with E-state index in [2.05, 4.69) is 18.7 Å². The average molecular weight is 265 g/mol. The lowest BCUT2D eigenvalue weighted by atomic mass is 9.79. The topological polar surface area (TPSA) is 43.7 Å². The van der Waals surface area contributed by atoms with Crippen molar-refractivity contribution in [2.45, 2.75) is 33.2 Å². The Labute approximate surface area is 114 Å². The first-order valence-corrected chi connectivity index (χ1v) is 6.74. The first kappa shape index (κ1) is 14.5. The molecule has 0 spiro atoms. The van der Waals surface area contributed by atoms with E-state index in [0.717, 1.165) is 31.1 Å². The van der Waals surface area contributed by atoms with Crippen molar-refractivity contribution < 1.29 is 14.4 Å². The van der Waals surface area contributed by atoms with Gasteiger partial charge in [0.2, 0.25) is 0 Å². The van der Waals surface area contributed by atoms with Crippen molar-refractivity contribution in [3.05, 3.63) is 29.6 Å². The van der Waals surface area contributed by atoms with E-state index in [-0.39, 0.29) is 5.46 Å². The number of hydrogen-bond donors (Lipinski definition) is 2.